The molecule has 162 valence electrons. The normalized spacial score (nSPS) is 18.8. The van der Waals surface area contributed by atoms with E-state index in [4.69, 9.17) is 4.74 Å². The number of likely N-dealkylation sites (tertiary alicyclic amines) is 1. The van der Waals surface area contributed by atoms with E-state index in [1.807, 2.05) is 12.3 Å². The highest BCUT2D eigenvalue weighted by Crippen LogP contribution is 2.35. The molecule has 1 fully saturated rings. The molecule has 7 heteroatoms. The van der Waals surface area contributed by atoms with Crippen LogP contribution >= 0.6 is 0 Å². The van der Waals surface area contributed by atoms with Gasteiger partial charge in [-0.25, -0.2) is 9.18 Å². The number of cyclic esters (lactones) is 1. The van der Waals surface area contributed by atoms with Crippen LogP contribution in [0.4, 0.5) is 20.6 Å². The zero-order valence-electron chi connectivity index (χ0n) is 17.6. The number of pyridine rings is 1. The Labute approximate surface area is 185 Å². The first-order valence-corrected chi connectivity index (χ1v) is 11.0. The minimum Gasteiger partial charge on any atom is -0.444 e. The highest BCUT2D eigenvalue weighted by molar-refractivity contribution is 5.91. The Morgan fingerprint density at radius 2 is 1.94 bits per heavy atom. The number of benzene rings is 2. The Bertz CT molecular complexity index is 1240. The largest absolute Gasteiger partial charge is 0.444 e. The van der Waals surface area contributed by atoms with E-state index in [0.717, 1.165) is 54.6 Å². The summed E-state index contributed by atoms with van der Waals surface area (Å²) < 4.78 is 19.0. The quantitative estimate of drug-likeness (QED) is 0.605. The molecule has 0 spiro atoms. The standard InChI is InChI=1S/C25H23FN4O2/c26-19-3-6-23-18(14-19)16-32-25(31)30(23)20-7-11-28(12-8-20)24-9-13-29(24)21-4-5-22-17(15-21)2-1-10-27-22/h1-6,9-10,14-15,20H,7-8,11-13,16H2. The van der Waals surface area contributed by atoms with Gasteiger partial charge in [-0.15, -0.1) is 0 Å². The van der Waals surface area contributed by atoms with Gasteiger partial charge in [0.1, 0.15) is 18.2 Å². The van der Waals surface area contributed by atoms with Crippen LogP contribution in [-0.2, 0) is 11.3 Å². The molecule has 6 nitrogen and oxygen atoms in total. The summed E-state index contributed by atoms with van der Waals surface area (Å²) in [7, 11) is 0. The van der Waals surface area contributed by atoms with Crippen molar-refractivity contribution in [1.82, 2.24) is 9.88 Å². The second-order valence-corrected chi connectivity index (χ2v) is 8.47. The lowest BCUT2D eigenvalue weighted by Gasteiger charge is -2.46. The molecule has 0 atom stereocenters. The first-order chi connectivity index (χ1) is 15.7. The highest BCUT2D eigenvalue weighted by atomic mass is 19.1. The molecule has 0 unspecified atom stereocenters. The minimum absolute atomic E-state index is 0.0455. The number of nitrogens with zero attached hydrogens (tertiary/aromatic N) is 4. The van der Waals surface area contributed by atoms with Crippen LogP contribution in [0.3, 0.4) is 0 Å². The Hall–Kier alpha value is -3.61. The van der Waals surface area contributed by atoms with Gasteiger partial charge < -0.3 is 14.5 Å². The lowest BCUT2D eigenvalue weighted by Crippen LogP contribution is -2.52. The molecule has 0 N–H and O–H groups in total. The average molecular weight is 430 g/mol. The fourth-order valence-corrected chi connectivity index (χ4v) is 4.94. The molecule has 2 aromatic carbocycles. The average Bonchev–Trinajstić information content (AvgIpc) is 2.79. The van der Waals surface area contributed by atoms with Crippen molar-refractivity contribution in [2.45, 2.75) is 25.5 Å². The summed E-state index contributed by atoms with van der Waals surface area (Å²) in [4.78, 5) is 23.4. The van der Waals surface area contributed by atoms with Crippen molar-refractivity contribution >= 4 is 28.4 Å². The number of amides is 1. The lowest BCUT2D eigenvalue weighted by atomic mass is 10.00. The molecule has 3 aliphatic heterocycles. The fourth-order valence-electron chi connectivity index (χ4n) is 4.94. The molecule has 0 radical (unpaired) electrons. The first kappa shape index (κ1) is 19.1. The van der Waals surface area contributed by atoms with Crippen LogP contribution in [0, 0.1) is 5.82 Å². The maximum atomic E-state index is 13.6. The van der Waals surface area contributed by atoms with Gasteiger partial charge in [-0.1, -0.05) is 6.07 Å². The van der Waals surface area contributed by atoms with Crippen LogP contribution in [0.2, 0.25) is 0 Å². The zero-order chi connectivity index (χ0) is 21.7. The molecule has 32 heavy (non-hydrogen) atoms. The van der Waals surface area contributed by atoms with Gasteiger partial charge in [0.25, 0.3) is 0 Å². The van der Waals surface area contributed by atoms with Gasteiger partial charge in [0, 0.05) is 48.5 Å². The predicted octanol–water partition coefficient (Wildman–Crippen LogP) is 4.66. The van der Waals surface area contributed by atoms with Gasteiger partial charge in [0.15, 0.2) is 0 Å². The summed E-state index contributed by atoms with van der Waals surface area (Å²) in [6.07, 6.45) is 5.39. The monoisotopic (exact) mass is 430 g/mol. The summed E-state index contributed by atoms with van der Waals surface area (Å²) in [5, 5.41) is 1.13. The lowest BCUT2D eigenvalue weighted by molar-refractivity contribution is 0.133. The Balaban J connectivity index is 1.16. The van der Waals surface area contributed by atoms with E-state index >= 15 is 0 Å². The van der Waals surface area contributed by atoms with Crippen molar-refractivity contribution in [2.75, 3.05) is 29.4 Å². The molecule has 0 aliphatic carbocycles. The molecule has 3 aromatic rings. The van der Waals surface area contributed by atoms with Crippen LogP contribution in [0.5, 0.6) is 0 Å². The van der Waals surface area contributed by atoms with Crippen LogP contribution < -0.4 is 9.80 Å². The van der Waals surface area contributed by atoms with E-state index in [1.165, 1.54) is 23.6 Å². The van der Waals surface area contributed by atoms with Gasteiger partial charge in [0.05, 0.1) is 11.2 Å². The third kappa shape index (κ3) is 3.16. The van der Waals surface area contributed by atoms with Gasteiger partial charge >= 0.3 is 6.09 Å². The smallest absolute Gasteiger partial charge is 0.414 e. The second-order valence-electron chi connectivity index (χ2n) is 8.47. The van der Waals surface area contributed by atoms with Crippen molar-refractivity contribution in [3.05, 3.63) is 78.0 Å². The van der Waals surface area contributed by atoms with E-state index in [1.54, 1.807) is 11.0 Å². The molecular weight excluding hydrogens is 407 g/mol. The van der Waals surface area contributed by atoms with Crippen molar-refractivity contribution in [3.63, 3.8) is 0 Å². The zero-order valence-corrected chi connectivity index (χ0v) is 17.6. The molecular formula is C25H23FN4O2. The maximum Gasteiger partial charge on any atom is 0.414 e. The van der Waals surface area contributed by atoms with Crippen molar-refractivity contribution in [2.24, 2.45) is 0 Å². The molecule has 6 rings (SSSR count). The number of ether oxygens (including phenoxy) is 1. The number of rotatable bonds is 3. The third-order valence-electron chi connectivity index (χ3n) is 6.63. The summed E-state index contributed by atoms with van der Waals surface area (Å²) in [6, 6.07) is 15.0. The van der Waals surface area contributed by atoms with Gasteiger partial charge in [0.2, 0.25) is 0 Å². The molecule has 0 saturated carbocycles. The number of aromatic nitrogens is 1. The number of hydrogen-bond acceptors (Lipinski definition) is 5. The Morgan fingerprint density at radius 1 is 1.06 bits per heavy atom. The number of piperidine rings is 1. The van der Waals surface area contributed by atoms with Gasteiger partial charge in [-0.2, -0.15) is 0 Å². The van der Waals surface area contributed by atoms with E-state index in [2.05, 4.69) is 45.1 Å². The molecule has 1 amide bonds. The Morgan fingerprint density at radius 3 is 2.75 bits per heavy atom. The van der Waals surface area contributed by atoms with Crippen molar-refractivity contribution < 1.29 is 13.9 Å². The molecule has 3 aliphatic rings. The maximum absolute atomic E-state index is 13.6. The number of carbonyl (C=O) groups excluding carboxylic acids is 1. The fraction of sp³-hybridized carbons (Fsp3) is 0.280. The van der Waals surface area contributed by atoms with E-state index in [-0.39, 0.29) is 24.6 Å². The summed E-state index contributed by atoms with van der Waals surface area (Å²) in [5.41, 5.74) is 3.67. The Kier molecular flexibility index (Phi) is 4.48. The topological polar surface area (TPSA) is 48.9 Å². The number of anilines is 2. The number of carbonyl (C=O) groups is 1. The molecule has 1 aromatic heterocycles. The molecule has 0 bridgehead atoms. The van der Waals surface area contributed by atoms with Crippen LogP contribution in [-0.4, -0.2) is 41.7 Å². The number of halogens is 1. The van der Waals surface area contributed by atoms with Crippen LogP contribution in [0.15, 0.2) is 66.6 Å². The summed E-state index contributed by atoms with van der Waals surface area (Å²) in [5.74, 6) is 0.910. The van der Waals surface area contributed by atoms with Gasteiger partial charge in [-0.05, 0) is 61.4 Å². The van der Waals surface area contributed by atoms with Crippen LogP contribution in [0.1, 0.15) is 18.4 Å². The minimum atomic E-state index is -0.336. The number of fused-ring (bicyclic) bond motifs is 2. The molecule has 4 heterocycles. The van der Waals surface area contributed by atoms with Crippen molar-refractivity contribution in [3.8, 4) is 0 Å². The summed E-state index contributed by atoms with van der Waals surface area (Å²) >= 11 is 0. The van der Waals surface area contributed by atoms with E-state index in [9.17, 15) is 9.18 Å². The van der Waals surface area contributed by atoms with E-state index < -0.39 is 0 Å². The van der Waals surface area contributed by atoms with Crippen LogP contribution in [0.25, 0.3) is 10.9 Å². The third-order valence-corrected chi connectivity index (χ3v) is 6.63. The first-order valence-electron chi connectivity index (χ1n) is 11.0. The number of hydrogen-bond donors (Lipinski definition) is 0. The summed E-state index contributed by atoms with van der Waals surface area (Å²) in [6.45, 7) is 2.72. The van der Waals surface area contributed by atoms with E-state index in [0.29, 0.717) is 0 Å². The highest BCUT2D eigenvalue weighted by Gasteiger charge is 2.36. The van der Waals surface area contributed by atoms with Gasteiger partial charge in [-0.3, -0.25) is 9.88 Å². The SMILES string of the molecule is O=C1OCc2cc(F)ccc2N1C1CCN(C2=CCN2c2ccc3ncccc3c2)CC1. The second kappa shape index (κ2) is 7.51. The molecule has 1 saturated heterocycles. The predicted molar refractivity (Wildman–Crippen MR) is 121 cm³/mol. The van der Waals surface area contributed by atoms with Crippen molar-refractivity contribution in [1.29, 1.82) is 0 Å².